The fraction of sp³-hybridized carbons (Fsp3) is 1.00. The van der Waals surface area contributed by atoms with Crippen LogP contribution in [0.1, 0.15) is 6.92 Å². The Labute approximate surface area is 28.6 Å². The molecule has 0 saturated carbocycles. The van der Waals surface area contributed by atoms with Crippen molar-refractivity contribution in [1.82, 2.24) is 0 Å². The zero-order valence-electron chi connectivity index (χ0n) is 2.56. The molecule has 0 aromatic rings. The Morgan fingerprint density at radius 1 is 2.00 bits per heavy atom. The second kappa shape index (κ2) is 3.39. The summed E-state index contributed by atoms with van der Waals surface area (Å²) in [5.74, 6) is 0. The number of hydrogen-bond acceptors (Lipinski definition) is 1. The molecule has 0 aromatic heterocycles. The van der Waals surface area contributed by atoms with Gasteiger partial charge in [0.2, 0.25) is 0 Å². The summed E-state index contributed by atoms with van der Waals surface area (Å²) < 4.78 is 4.24. The molecule has 0 amide bonds. The Kier molecular flexibility index (Phi) is 3.72. The summed E-state index contributed by atoms with van der Waals surface area (Å²) >= 11 is 0. The van der Waals surface area contributed by atoms with Gasteiger partial charge < -0.3 is 14.0 Å². The first kappa shape index (κ1) is 4.39. The van der Waals surface area contributed by atoms with Crippen molar-refractivity contribution in [3.63, 3.8) is 0 Å². The van der Waals surface area contributed by atoms with Crippen LogP contribution < -0.4 is 0 Å². The molecular formula is C2H5OP-2. The second-order valence-corrected chi connectivity index (χ2v) is 0.676. The van der Waals surface area contributed by atoms with E-state index in [1.165, 1.54) is 0 Å². The van der Waals surface area contributed by atoms with Crippen molar-refractivity contribution >= 4 is 9.47 Å². The largest absolute Gasteiger partial charge is 1.32 e. The highest BCUT2D eigenvalue weighted by molar-refractivity contribution is 7.09. The fourth-order valence-corrected chi connectivity index (χ4v) is 0. The van der Waals surface area contributed by atoms with E-state index in [2.05, 4.69) is 14.0 Å². The van der Waals surface area contributed by atoms with Crippen LogP contribution in [-0.2, 0) is 4.52 Å². The van der Waals surface area contributed by atoms with E-state index in [-0.39, 0.29) is 0 Å². The Morgan fingerprint density at radius 3 is 2.25 bits per heavy atom. The minimum absolute atomic E-state index is 0.684. The van der Waals surface area contributed by atoms with Crippen LogP contribution in [0.3, 0.4) is 0 Å². The number of rotatable bonds is 1. The maximum absolute atomic E-state index is 4.24. The lowest BCUT2D eigenvalue weighted by atomic mass is 10.9. The molecule has 0 fully saturated rings. The highest BCUT2D eigenvalue weighted by atomic mass is 31.0. The molecule has 0 bridgehead atoms. The predicted octanol–water partition coefficient (Wildman–Crippen LogP) is 1.35. The highest BCUT2D eigenvalue weighted by Crippen LogP contribution is 1.77. The summed E-state index contributed by atoms with van der Waals surface area (Å²) in [5, 5.41) is 0. The van der Waals surface area contributed by atoms with Crippen molar-refractivity contribution in [2.75, 3.05) is 6.61 Å². The van der Waals surface area contributed by atoms with E-state index in [0.717, 1.165) is 0 Å². The molecule has 0 aliphatic rings. The van der Waals surface area contributed by atoms with Crippen LogP contribution in [0.4, 0.5) is 0 Å². The van der Waals surface area contributed by atoms with Crippen molar-refractivity contribution in [2.24, 2.45) is 0 Å². The lowest BCUT2D eigenvalue weighted by Gasteiger charge is -2.32. The molecule has 26 valence electrons. The minimum Gasteiger partial charge on any atom is -1.32 e. The van der Waals surface area contributed by atoms with Gasteiger partial charge in [-0.1, -0.05) is 0 Å². The standard InChI is InChI=1S/C2H5OP/c1-2-3-4/h2H2,1H3/q-2. The monoisotopic (exact) mass is 76.0 g/mol. The molecule has 0 aliphatic heterocycles. The third-order valence-electron chi connectivity index (χ3n) is 0.129. The van der Waals surface area contributed by atoms with Crippen molar-refractivity contribution < 1.29 is 4.52 Å². The van der Waals surface area contributed by atoms with Crippen LogP contribution in [0.15, 0.2) is 0 Å². The summed E-state index contributed by atoms with van der Waals surface area (Å²) in [4.78, 5) is 0. The van der Waals surface area contributed by atoms with Crippen molar-refractivity contribution in [1.29, 1.82) is 0 Å². The van der Waals surface area contributed by atoms with Gasteiger partial charge in [-0.2, -0.15) is 0 Å². The fourth-order valence-electron chi connectivity index (χ4n) is 0. The quantitative estimate of drug-likeness (QED) is 0.428. The Bertz CT molecular complexity index is 8.00. The first-order valence-corrected chi connectivity index (χ1v) is 1.54. The first-order valence-electron chi connectivity index (χ1n) is 1.18. The molecule has 2 heteroatoms. The van der Waals surface area contributed by atoms with E-state index in [9.17, 15) is 0 Å². The van der Waals surface area contributed by atoms with Crippen molar-refractivity contribution in [2.45, 2.75) is 6.92 Å². The van der Waals surface area contributed by atoms with Crippen LogP contribution in [0.25, 0.3) is 0 Å². The zero-order valence-corrected chi connectivity index (χ0v) is 3.46. The van der Waals surface area contributed by atoms with Gasteiger partial charge in [0.1, 0.15) is 0 Å². The van der Waals surface area contributed by atoms with E-state index in [0.29, 0.717) is 6.61 Å². The van der Waals surface area contributed by atoms with E-state index in [1.54, 1.807) is 0 Å². The third kappa shape index (κ3) is 2.39. The minimum atomic E-state index is 0.684. The maximum Gasteiger partial charge on any atom is -0.0188 e. The van der Waals surface area contributed by atoms with E-state index >= 15 is 0 Å². The van der Waals surface area contributed by atoms with Gasteiger partial charge in [0, 0.05) is 0 Å². The lowest BCUT2D eigenvalue weighted by molar-refractivity contribution is 0.400. The smallest absolute Gasteiger partial charge is 0.0188 e. The Morgan fingerprint density at radius 2 is 2.25 bits per heavy atom. The maximum atomic E-state index is 4.24. The van der Waals surface area contributed by atoms with Gasteiger partial charge in [0.15, 0.2) is 0 Å². The van der Waals surface area contributed by atoms with Crippen molar-refractivity contribution in [3.05, 3.63) is 0 Å². The van der Waals surface area contributed by atoms with E-state index < -0.39 is 0 Å². The SMILES string of the molecule is CCO[P-2]. The van der Waals surface area contributed by atoms with Gasteiger partial charge in [0.05, 0.1) is 0 Å². The molecule has 0 saturated heterocycles. The summed E-state index contributed by atoms with van der Waals surface area (Å²) in [6, 6.07) is 0. The molecule has 0 aromatic carbocycles. The Hall–Kier alpha value is 0.390. The van der Waals surface area contributed by atoms with Crippen LogP contribution >= 0.6 is 9.47 Å². The van der Waals surface area contributed by atoms with E-state index in [4.69, 9.17) is 0 Å². The van der Waals surface area contributed by atoms with Gasteiger partial charge in [-0.3, -0.25) is 0 Å². The van der Waals surface area contributed by atoms with Gasteiger partial charge in [-0.25, -0.2) is 0 Å². The predicted molar refractivity (Wildman–Crippen MR) is 18.5 cm³/mol. The Balaban J connectivity index is 1.97. The molecular weight excluding hydrogens is 71.0 g/mol. The molecule has 0 unspecified atom stereocenters. The summed E-state index contributed by atoms with van der Waals surface area (Å²) in [6.07, 6.45) is 0. The van der Waals surface area contributed by atoms with Gasteiger partial charge in [-0.05, 0) is 13.5 Å². The molecule has 0 spiro atoms. The topological polar surface area (TPSA) is 9.23 Å². The normalized spacial score (nSPS) is 7.50. The average Bonchev–Trinajstić information content (AvgIpc) is 1.37. The summed E-state index contributed by atoms with van der Waals surface area (Å²) in [6.45, 7) is 2.57. The molecule has 0 aliphatic carbocycles. The van der Waals surface area contributed by atoms with Gasteiger partial charge in [0.25, 0.3) is 0 Å². The molecule has 0 rings (SSSR count). The summed E-state index contributed by atoms with van der Waals surface area (Å²) in [5.41, 5.74) is 0. The zero-order chi connectivity index (χ0) is 3.41. The van der Waals surface area contributed by atoms with Crippen LogP contribution in [-0.4, -0.2) is 6.61 Å². The van der Waals surface area contributed by atoms with Crippen molar-refractivity contribution in [3.8, 4) is 0 Å². The average molecular weight is 76.0 g/mol. The molecule has 1 nitrogen and oxygen atoms in total. The van der Waals surface area contributed by atoms with Gasteiger partial charge in [-0.15, -0.1) is 0 Å². The van der Waals surface area contributed by atoms with Crippen LogP contribution in [0, 0.1) is 0 Å². The molecule has 0 N–H and O–H groups in total. The second-order valence-electron chi connectivity index (χ2n) is 0.418. The lowest BCUT2D eigenvalue weighted by Crippen LogP contribution is -1.63. The molecule has 0 heterocycles. The molecule has 0 atom stereocenters. The third-order valence-corrected chi connectivity index (χ3v) is 0.387. The number of hydrogen-bond donors (Lipinski definition) is 0. The van der Waals surface area contributed by atoms with Crippen LogP contribution in [0.2, 0.25) is 0 Å². The van der Waals surface area contributed by atoms with E-state index in [1.807, 2.05) is 6.92 Å². The highest BCUT2D eigenvalue weighted by Gasteiger charge is 1.31. The van der Waals surface area contributed by atoms with Gasteiger partial charge >= 0.3 is 0 Å². The molecule has 0 radical (unpaired) electrons. The molecule has 4 heavy (non-hydrogen) atoms. The first-order chi connectivity index (χ1) is 1.91. The summed E-state index contributed by atoms with van der Waals surface area (Å²) in [7, 11) is 3.42. The van der Waals surface area contributed by atoms with Crippen LogP contribution in [0.5, 0.6) is 0 Å².